The molecule has 2 aromatic rings. The van der Waals surface area contributed by atoms with Gasteiger partial charge in [-0.25, -0.2) is 0 Å². The van der Waals surface area contributed by atoms with Gasteiger partial charge in [-0.05, 0) is 36.6 Å². The van der Waals surface area contributed by atoms with Crippen LogP contribution in [-0.2, 0) is 13.0 Å². The second-order valence-electron chi connectivity index (χ2n) is 5.37. The lowest BCUT2D eigenvalue weighted by Crippen LogP contribution is -2.18. The lowest BCUT2D eigenvalue weighted by Gasteiger charge is -2.06. The predicted octanol–water partition coefficient (Wildman–Crippen LogP) is 4.13. The zero-order valence-electron chi connectivity index (χ0n) is 11.6. The Bertz CT molecular complexity index is 499. The Morgan fingerprint density at radius 3 is 2.83 bits per heavy atom. The van der Waals surface area contributed by atoms with Crippen molar-refractivity contribution in [1.82, 2.24) is 5.32 Å². The summed E-state index contributed by atoms with van der Waals surface area (Å²) in [6.07, 6.45) is 4.21. The monoisotopic (exact) mass is 245 g/mol. The molecular weight excluding hydrogens is 222 g/mol. The molecule has 98 valence electrons. The van der Waals surface area contributed by atoms with Gasteiger partial charge >= 0.3 is 0 Å². The Balaban J connectivity index is 2.14. The second kappa shape index (κ2) is 6.05. The summed E-state index contributed by atoms with van der Waals surface area (Å²) in [5.74, 6) is 0.679. The van der Waals surface area contributed by atoms with Gasteiger partial charge in [-0.2, -0.15) is 0 Å². The molecule has 2 heteroatoms. The summed E-state index contributed by atoms with van der Waals surface area (Å²) in [6.45, 7) is 8.59. The Labute approximate surface area is 109 Å². The van der Waals surface area contributed by atoms with Crippen LogP contribution in [0.5, 0.6) is 0 Å². The quantitative estimate of drug-likeness (QED) is 0.827. The highest BCUT2D eigenvalue weighted by molar-refractivity contribution is 5.81. The van der Waals surface area contributed by atoms with Crippen molar-refractivity contribution in [2.24, 2.45) is 5.92 Å². The third-order valence-electron chi connectivity index (χ3n) is 3.12. The van der Waals surface area contributed by atoms with Gasteiger partial charge in [-0.1, -0.05) is 33.3 Å². The van der Waals surface area contributed by atoms with Crippen LogP contribution in [-0.4, -0.2) is 6.54 Å². The smallest absolute Gasteiger partial charge is 0.134 e. The topological polar surface area (TPSA) is 25.2 Å². The molecule has 0 unspecified atom stereocenters. The number of nitrogens with one attached hydrogen (secondary N) is 1. The van der Waals surface area contributed by atoms with Crippen LogP contribution in [0.4, 0.5) is 0 Å². The molecule has 0 aliphatic rings. The zero-order valence-corrected chi connectivity index (χ0v) is 11.6. The SMILES string of the molecule is CCCc1ccc2occ(CNCC(C)C)c2c1. The fraction of sp³-hybridized carbons (Fsp3) is 0.500. The second-order valence-corrected chi connectivity index (χ2v) is 5.37. The van der Waals surface area contributed by atoms with Crippen molar-refractivity contribution >= 4 is 11.0 Å². The van der Waals surface area contributed by atoms with E-state index >= 15 is 0 Å². The van der Waals surface area contributed by atoms with E-state index in [2.05, 4.69) is 44.3 Å². The summed E-state index contributed by atoms with van der Waals surface area (Å²) in [4.78, 5) is 0. The number of fused-ring (bicyclic) bond motifs is 1. The van der Waals surface area contributed by atoms with Gasteiger partial charge < -0.3 is 9.73 Å². The van der Waals surface area contributed by atoms with E-state index in [1.807, 2.05) is 6.26 Å². The lowest BCUT2D eigenvalue weighted by atomic mass is 10.1. The summed E-state index contributed by atoms with van der Waals surface area (Å²) in [5, 5.41) is 4.73. The van der Waals surface area contributed by atoms with Gasteiger partial charge in [-0.3, -0.25) is 0 Å². The summed E-state index contributed by atoms with van der Waals surface area (Å²) < 4.78 is 5.60. The molecule has 0 bridgehead atoms. The molecule has 0 fully saturated rings. The Morgan fingerprint density at radius 1 is 1.28 bits per heavy atom. The minimum absolute atomic E-state index is 0.679. The van der Waals surface area contributed by atoms with Gasteiger partial charge in [0.1, 0.15) is 5.58 Å². The molecule has 1 aromatic heterocycles. The minimum atomic E-state index is 0.679. The van der Waals surface area contributed by atoms with E-state index < -0.39 is 0 Å². The molecule has 0 aliphatic heterocycles. The first-order chi connectivity index (χ1) is 8.70. The molecule has 1 N–H and O–H groups in total. The number of hydrogen-bond donors (Lipinski definition) is 1. The van der Waals surface area contributed by atoms with Crippen molar-refractivity contribution in [2.75, 3.05) is 6.54 Å². The molecular formula is C16H23NO. The molecule has 0 spiro atoms. The first-order valence-electron chi connectivity index (χ1n) is 6.90. The van der Waals surface area contributed by atoms with Gasteiger partial charge in [0, 0.05) is 17.5 Å². The van der Waals surface area contributed by atoms with Gasteiger partial charge in [0.25, 0.3) is 0 Å². The fourth-order valence-corrected chi connectivity index (χ4v) is 2.21. The molecule has 1 heterocycles. The van der Waals surface area contributed by atoms with Crippen molar-refractivity contribution in [3.05, 3.63) is 35.6 Å². The molecule has 0 saturated carbocycles. The van der Waals surface area contributed by atoms with E-state index in [1.165, 1.54) is 22.9 Å². The summed E-state index contributed by atoms with van der Waals surface area (Å²) >= 11 is 0. The van der Waals surface area contributed by atoms with E-state index in [4.69, 9.17) is 4.42 Å². The largest absolute Gasteiger partial charge is 0.464 e. The highest BCUT2D eigenvalue weighted by Crippen LogP contribution is 2.23. The van der Waals surface area contributed by atoms with E-state index in [0.29, 0.717) is 5.92 Å². The number of furan rings is 1. The van der Waals surface area contributed by atoms with Crippen LogP contribution in [0.2, 0.25) is 0 Å². The van der Waals surface area contributed by atoms with Crippen molar-refractivity contribution in [3.63, 3.8) is 0 Å². The van der Waals surface area contributed by atoms with Crippen LogP contribution >= 0.6 is 0 Å². The molecule has 1 aromatic carbocycles. The number of hydrogen-bond acceptors (Lipinski definition) is 2. The third kappa shape index (κ3) is 3.14. The van der Waals surface area contributed by atoms with Gasteiger partial charge in [-0.15, -0.1) is 0 Å². The van der Waals surface area contributed by atoms with Gasteiger partial charge in [0.15, 0.2) is 0 Å². The Hall–Kier alpha value is -1.28. The highest BCUT2D eigenvalue weighted by atomic mass is 16.3. The average molecular weight is 245 g/mol. The lowest BCUT2D eigenvalue weighted by molar-refractivity contribution is 0.547. The molecule has 0 saturated heterocycles. The van der Waals surface area contributed by atoms with Gasteiger partial charge in [0.2, 0.25) is 0 Å². The molecule has 0 amide bonds. The van der Waals surface area contributed by atoms with E-state index in [-0.39, 0.29) is 0 Å². The van der Waals surface area contributed by atoms with Crippen LogP contribution in [0.15, 0.2) is 28.9 Å². The molecule has 18 heavy (non-hydrogen) atoms. The maximum Gasteiger partial charge on any atom is 0.134 e. The Kier molecular flexibility index (Phi) is 4.43. The molecule has 2 rings (SSSR count). The number of aryl methyl sites for hydroxylation is 1. The first kappa shape index (κ1) is 13.2. The normalized spacial score (nSPS) is 11.6. The van der Waals surface area contributed by atoms with Crippen molar-refractivity contribution in [1.29, 1.82) is 0 Å². The third-order valence-corrected chi connectivity index (χ3v) is 3.12. The molecule has 0 atom stereocenters. The van der Waals surface area contributed by atoms with E-state index in [0.717, 1.165) is 25.1 Å². The number of rotatable bonds is 6. The van der Waals surface area contributed by atoms with Gasteiger partial charge in [0.05, 0.1) is 6.26 Å². The maximum atomic E-state index is 5.60. The Morgan fingerprint density at radius 2 is 2.11 bits per heavy atom. The average Bonchev–Trinajstić information content (AvgIpc) is 2.72. The predicted molar refractivity (Wildman–Crippen MR) is 76.8 cm³/mol. The molecule has 0 radical (unpaired) electrons. The van der Waals surface area contributed by atoms with Crippen molar-refractivity contribution in [3.8, 4) is 0 Å². The van der Waals surface area contributed by atoms with E-state index in [9.17, 15) is 0 Å². The van der Waals surface area contributed by atoms with Crippen LogP contribution in [0, 0.1) is 5.92 Å². The zero-order chi connectivity index (χ0) is 13.0. The van der Waals surface area contributed by atoms with Crippen LogP contribution in [0.3, 0.4) is 0 Å². The van der Waals surface area contributed by atoms with E-state index in [1.54, 1.807) is 0 Å². The summed E-state index contributed by atoms with van der Waals surface area (Å²) in [5.41, 5.74) is 3.66. The highest BCUT2D eigenvalue weighted by Gasteiger charge is 2.06. The summed E-state index contributed by atoms with van der Waals surface area (Å²) in [6, 6.07) is 6.53. The van der Waals surface area contributed by atoms with Crippen molar-refractivity contribution in [2.45, 2.75) is 40.2 Å². The van der Waals surface area contributed by atoms with Crippen LogP contribution in [0.1, 0.15) is 38.3 Å². The van der Waals surface area contributed by atoms with Crippen LogP contribution in [0.25, 0.3) is 11.0 Å². The fourth-order valence-electron chi connectivity index (χ4n) is 2.21. The maximum absolute atomic E-state index is 5.60. The summed E-state index contributed by atoms with van der Waals surface area (Å²) in [7, 11) is 0. The first-order valence-corrected chi connectivity index (χ1v) is 6.90. The standard InChI is InChI=1S/C16H23NO/c1-4-5-13-6-7-16-15(8-13)14(11-18-16)10-17-9-12(2)3/h6-8,11-12,17H,4-5,9-10H2,1-3H3. The minimum Gasteiger partial charge on any atom is -0.464 e. The molecule has 2 nitrogen and oxygen atoms in total. The van der Waals surface area contributed by atoms with Crippen LogP contribution < -0.4 is 5.32 Å². The molecule has 0 aliphatic carbocycles. The number of benzene rings is 1. The van der Waals surface area contributed by atoms with Crippen molar-refractivity contribution < 1.29 is 4.42 Å².